The minimum absolute atomic E-state index is 0.234. The molecule has 0 aliphatic heterocycles. The highest BCUT2D eigenvalue weighted by atomic mass is 32.2. The van der Waals surface area contributed by atoms with E-state index < -0.39 is 148 Å². The molecule has 96 heavy (non-hydrogen) atoms. The second-order valence-corrected chi connectivity index (χ2v) is 30.3. The molecule has 0 radical (unpaired) electrons. The average molecular weight is 1440 g/mol. The highest BCUT2D eigenvalue weighted by molar-refractivity contribution is 7.87. The van der Waals surface area contributed by atoms with Gasteiger partial charge >= 0.3 is 0 Å². The lowest BCUT2D eigenvalue weighted by Crippen LogP contribution is -2.13. The molecule has 30 nitrogen and oxygen atoms in total. The SMILES string of the molecule is COc1c2cc(S(=O)(=O)[O-])cc1Cc1cc(S(=O)(=O)[O-])cc(c1OCc1nccn1C)Cc1cc(S(=O)(=O)[O-])cc(c1OC)Cc1cc(S(=O)(=O)[O-])cc(c1OCc1nccn1C)Cc1cc(S(=O)(=O)[O-])cc(c1OC)Cc1cc(S(=O)(=O)[O-])cc(c1OCc1nccn1C)C2. The second-order valence-electron chi connectivity index (χ2n) is 22.1. The third-order valence-electron chi connectivity index (χ3n) is 15.7. The molecule has 0 unspecified atom stereocenters. The third kappa shape index (κ3) is 15.4. The topological polar surface area (TPSA) is 452 Å². The summed E-state index contributed by atoms with van der Waals surface area (Å²) in [6.07, 6.45) is 4.52. The fourth-order valence-electron chi connectivity index (χ4n) is 11.4. The van der Waals surface area contributed by atoms with E-state index >= 15 is 0 Å². The van der Waals surface area contributed by atoms with Crippen molar-refractivity contribution < 1.29 is 106 Å². The number of hydrogen-bond donors (Lipinski definition) is 0. The van der Waals surface area contributed by atoms with E-state index in [1.54, 1.807) is 39.7 Å². The van der Waals surface area contributed by atoms with Gasteiger partial charge in [0.15, 0.2) is 0 Å². The Morgan fingerprint density at radius 2 is 0.458 bits per heavy atom. The lowest BCUT2D eigenvalue weighted by Gasteiger charge is -2.25. The van der Waals surface area contributed by atoms with Crippen LogP contribution in [0.3, 0.4) is 0 Å². The monoisotopic (exact) mass is 1430 g/mol. The van der Waals surface area contributed by atoms with Gasteiger partial charge < -0.3 is 69.4 Å². The predicted octanol–water partition coefficient (Wildman–Crippen LogP) is 3.93. The van der Waals surface area contributed by atoms with E-state index in [1.807, 2.05) is 0 Å². The molecule has 36 heteroatoms. The van der Waals surface area contributed by atoms with Gasteiger partial charge in [0.2, 0.25) is 0 Å². The van der Waals surface area contributed by atoms with Gasteiger partial charge in [-0.05, 0) is 72.8 Å². The number of methoxy groups -OCH3 is 3. The van der Waals surface area contributed by atoms with Crippen molar-refractivity contribution in [1.29, 1.82) is 0 Å². The summed E-state index contributed by atoms with van der Waals surface area (Å²) in [6.45, 7) is -1.35. The van der Waals surface area contributed by atoms with Crippen LogP contribution >= 0.6 is 0 Å². The first-order valence-corrected chi connectivity index (χ1v) is 36.5. The van der Waals surface area contributed by atoms with Gasteiger partial charge in [0, 0.05) is 164 Å². The van der Waals surface area contributed by atoms with Crippen LogP contribution < -0.4 is 28.4 Å². The zero-order chi connectivity index (χ0) is 69.8. The van der Waals surface area contributed by atoms with Gasteiger partial charge in [-0.15, -0.1) is 0 Å². The molecular weight excluding hydrogens is 1380 g/mol. The summed E-state index contributed by atoms with van der Waals surface area (Å²) in [7, 11) is -25.2. The summed E-state index contributed by atoms with van der Waals surface area (Å²) in [4.78, 5) is 7.11. The zero-order valence-electron chi connectivity index (χ0n) is 51.2. The smallest absolute Gasteiger partial charge is 0.146 e. The van der Waals surface area contributed by atoms with Gasteiger partial charge in [-0.25, -0.2) is 65.5 Å². The van der Waals surface area contributed by atoms with E-state index in [0.29, 0.717) is 0 Å². The maximum atomic E-state index is 13.4. The molecule has 12 bridgehead atoms. The van der Waals surface area contributed by atoms with Crippen LogP contribution in [0.1, 0.15) is 84.2 Å². The Hall–Kier alpha value is -8.79. The summed E-state index contributed by atoms with van der Waals surface area (Å²) >= 11 is 0. The van der Waals surface area contributed by atoms with Crippen LogP contribution in [0.25, 0.3) is 0 Å². The largest absolute Gasteiger partial charge is 0.744 e. The van der Waals surface area contributed by atoms with Crippen LogP contribution in [0.2, 0.25) is 0 Å². The molecule has 510 valence electrons. The summed E-state index contributed by atoms with van der Waals surface area (Å²) in [5.74, 6) is -1.03. The Bertz CT molecular complexity index is 4650. The fraction of sp³-hybridized carbons (Fsp3) is 0.250. The van der Waals surface area contributed by atoms with E-state index in [9.17, 15) is 77.8 Å². The van der Waals surface area contributed by atoms with Crippen molar-refractivity contribution in [2.75, 3.05) is 21.3 Å². The molecule has 6 aromatic carbocycles. The number of nitrogens with zero attached hydrogens (tertiary/aromatic N) is 6. The number of hydrogen-bond acceptors (Lipinski definition) is 27. The van der Waals surface area contributed by atoms with Gasteiger partial charge in [-0.2, -0.15) is 0 Å². The van der Waals surface area contributed by atoms with E-state index in [1.165, 1.54) is 32.3 Å². The molecule has 0 saturated heterocycles. The zero-order valence-corrected chi connectivity index (χ0v) is 56.1. The number of aromatic nitrogens is 6. The van der Waals surface area contributed by atoms with Crippen molar-refractivity contribution in [2.24, 2.45) is 21.1 Å². The first kappa shape index (κ1) is 70.0. The quantitative estimate of drug-likeness (QED) is 0.110. The van der Waals surface area contributed by atoms with E-state index in [2.05, 4.69) is 15.0 Å². The maximum absolute atomic E-state index is 13.4. The van der Waals surface area contributed by atoms with Crippen LogP contribution in [-0.4, -0.2) is 128 Å². The van der Waals surface area contributed by atoms with Gasteiger partial charge in [-0.1, -0.05) is 0 Å². The third-order valence-corrected chi connectivity index (χ3v) is 20.6. The number of imidazole rings is 3. The first-order chi connectivity index (χ1) is 44.9. The van der Waals surface area contributed by atoms with Crippen molar-refractivity contribution in [3.05, 3.63) is 194 Å². The Kier molecular flexibility index (Phi) is 19.5. The van der Waals surface area contributed by atoms with Crippen LogP contribution in [0.4, 0.5) is 0 Å². The van der Waals surface area contributed by atoms with Crippen LogP contribution in [0, 0.1) is 0 Å². The van der Waals surface area contributed by atoms with Crippen LogP contribution in [0.15, 0.2) is 139 Å². The highest BCUT2D eigenvalue weighted by Gasteiger charge is 2.29. The molecular formula is C60H54N6O24S6-6. The molecule has 0 N–H and O–H groups in total. The van der Waals surface area contributed by atoms with E-state index in [4.69, 9.17) is 28.4 Å². The molecule has 1 aliphatic rings. The summed E-state index contributed by atoms with van der Waals surface area (Å²) < 4.78 is 283. The summed E-state index contributed by atoms with van der Waals surface area (Å²) in [6, 6.07) is 10.4. The Morgan fingerprint density at radius 1 is 0.302 bits per heavy atom. The van der Waals surface area contributed by atoms with Crippen molar-refractivity contribution in [3.8, 4) is 34.5 Å². The van der Waals surface area contributed by atoms with Crippen LogP contribution in [-0.2, 0) is 140 Å². The Labute approximate surface area is 551 Å². The van der Waals surface area contributed by atoms with Crippen molar-refractivity contribution >= 4 is 60.7 Å². The number of aryl methyl sites for hydroxylation is 3. The molecule has 1 aliphatic carbocycles. The first-order valence-electron chi connectivity index (χ1n) is 28.0. The van der Waals surface area contributed by atoms with E-state index in [0.717, 1.165) is 94.1 Å². The maximum Gasteiger partial charge on any atom is 0.146 e. The van der Waals surface area contributed by atoms with Gasteiger partial charge in [0.1, 0.15) is 132 Å². The van der Waals surface area contributed by atoms with Gasteiger partial charge in [0.25, 0.3) is 0 Å². The average Bonchev–Trinajstić information content (AvgIpc) is 0.801. The summed E-state index contributed by atoms with van der Waals surface area (Å²) in [5, 5.41) is 0. The van der Waals surface area contributed by atoms with E-state index in [-0.39, 0.29) is 119 Å². The van der Waals surface area contributed by atoms with Crippen molar-refractivity contribution in [3.63, 3.8) is 0 Å². The second kappa shape index (κ2) is 26.7. The Morgan fingerprint density at radius 3 is 0.583 bits per heavy atom. The van der Waals surface area contributed by atoms with Crippen LogP contribution in [0.5, 0.6) is 34.5 Å². The van der Waals surface area contributed by atoms with Crippen molar-refractivity contribution in [1.82, 2.24) is 28.7 Å². The molecule has 9 aromatic rings. The number of fused-ring (bicyclic) bond motifs is 12. The standard InChI is InChI=1S/C60H60N6O24S6/c1-64-10-7-61-52(64)31-88-58-40-13-34-19-46(91(67,68)69)21-36(55(34)85-4)15-42-27-50(95(79,80)81)29-44(59(42)89-32-53-62-8-11-65(53)2)17-38-23-48(93(73,74)75)24-39(57(38)87-6)18-45-30-51(96(82,83)84)28-43(60(45)90-33-54-63-9-12-66(54)3)16-37-22-47(92(70,71)72)20-35(56(37)86-5)14-41(58)26-49(25-40)94(76,77)78/h7-12,19-30H,13-18,31-33H2,1-6H3,(H,67,68,69)(H,70,71,72)(H,73,74,75)(H,76,77,78)(H,79,80,81)(H,82,83,84)/p-6. The number of rotatable bonds is 18. The molecule has 0 atom stereocenters. The minimum atomic E-state index is -5.56. The molecule has 0 spiro atoms. The predicted molar refractivity (Wildman–Crippen MR) is 326 cm³/mol. The molecule has 0 amide bonds. The molecule has 0 fully saturated rings. The van der Waals surface area contributed by atoms with Gasteiger partial charge in [-0.3, -0.25) is 0 Å². The number of benzene rings is 6. The fourth-order valence-corrected chi connectivity index (χ4v) is 14.8. The molecule has 3 heterocycles. The minimum Gasteiger partial charge on any atom is -0.744 e. The Balaban J connectivity index is 1.36. The number of ether oxygens (including phenoxy) is 6. The molecule has 10 rings (SSSR count). The molecule has 0 saturated carbocycles. The highest BCUT2D eigenvalue weighted by Crippen LogP contribution is 2.44. The lowest BCUT2D eigenvalue weighted by molar-refractivity contribution is 0.286. The van der Waals surface area contributed by atoms with Gasteiger partial charge in [0.05, 0.1) is 50.7 Å². The van der Waals surface area contributed by atoms with Crippen molar-refractivity contribution in [2.45, 2.75) is 87.7 Å². The summed E-state index contributed by atoms with van der Waals surface area (Å²) in [5.41, 5.74) is -3.16. The lowest BCUT2D eigenvalue weighted by atomic mass is 9.91. The molecule has 3 aromatic heterocycles. The normalized spacial score (nSPS) is 13.4.